The molecule has 0 saturated heterocycles. The number of aromatic carboxylic acids is 1. The molecule has 0 aliphatic carbocycles. The van der Waals surface area contributed by atoms with E-state index in [2.05, 4.69) is 9.72 Å². The van der Waals surface area contributed by atoms with Crippen LogP contribution in [0.2, 0.25) is 0 Å². The van der Waals surface area contributed by atoms with E-state index < -0.39 is 5.97 Å². The second-order valence-corrected chi connectivity index (χ2v) is 4.89. The van der Waals surface area contributed by atoms with Gasteiger partial charge in [-0.05, 0) is 0 Å². The molecule has 0 aliphatic heterocycles. The molecule has 0 bridgehead atoms. The zero-order valence-electron chi connectivity index (χ0n) is 7.93. The first kappa shape index (κ1) is 12.0. The number of carbonyl (C=O) groups excluding carboxylic acids is 1. The van der Waals surface area contributed by atoms with E-state index in [1.807, 2.05) is 0 Å². The third kappa shape index (κ3) is 3.88. The van der Waals surface area contributed by atoms with Crippen LogP contribution >= 0.6 is 23.1 Å². The molecule has 0 saturated carbocycles. The van der Waals surface area contributed by atoms with E-state index in [0.717, 1.165) is 15.5 Å². The molecule has 0 fully saturated rings. The van der Waals surface area contributed by atoms with Crippen LogP contribution in [0.5, 0.6) is 0 Å². The molecule has 1 heterocycles. The molecule has 0 radical (unpaired) electrons. The summed E-state index contributed by atoms with van der Waals surface area (Å²) in [5, 5.41) is 8.68. The fourth-order valence-corrected chi connectivity index (χ4v) is 2.57. The van der Waals surface area contributed by atoms with E-state index in [9.17, 15) is 9.59 Å². The second-order valence-electron chi connectivity index (χ2n) is 2.46. The fourth-order valence-electron chi connectivity index (χ4n) is 0.762. The number of ether oxygens (including phenoxy) is 1. The summed E-state index contributed by atoms with van der Waals surface area (Å²) < 4.78 is 5.26. The Morgan fingerprint density at radius 1 is 1.67 bits per heavy atom. The molecule has 7 heteroatoms. The van der Waals surface area contributed by atoms with Crippen molar-refractivity contribution in [2.45, 2.75) is 10.6 Å². The number of rotatable bonds is 5. The van der Waals surface area contributed by atoms with Crippen LogP contribution in [0.25, 0.3) is 0 Å². The maximum Gasteiger partial charge on any atom is 0.365 e. The Morgan fingerprint density at radius 3 is 2.93 bits per heavy atom. The number of thioether (sulfide) groups is 1. The largest absolute Gasteiger partial charge is 0.476 e. The average molecular weight is 247 g/mol. The van der Waals surface area contributed by atoms with E-state index >= 15 is 0 Å². The summed E-state index contributed by atoms with van der Waals surface area (Å²) in [6.45, 7) is 0. The summed E-state index contributed by atoms with van der Waals surface area (Å²) >= 11 is 2.49. The Balaban J connectivity index is 2.38. The molecule has 5 nitrogen and oxygen atoms in total. The highest BCUT2D eigenvalue weighted by molar-refractivity contribution is 8.01. The maximum atomic E-state index is 10.8. The van der Waals surface area contributed by atoms with Gasteiger partial charge in [0.15, 0.2) is 0 Å². The lowest BCUT2D eigenvalue weighted by atomic mass is 10.5. The zero-order chi connectivity index (χ0) is 11.3. The van der Waals surface area contributed by atoms with E-state index in [4.69, 9.17) is 5.11 Å². The molecular weight excluding hydrogens is 238 g/mol. The predicted octanol–water partition coefficient (Wildman–Crippen LogP) is 1.50. The summed E-state index contributed by atoms with van der Waals surface area (Å²) in [6, 6.07) is 0. The normalized spacial score (nSPS) is 9.93. The smallest absolute Gasteiger partial charge is 0.365 e. The Hall–Kier alpha value is -1.08. The van der Waals surface area contributed by atoms with E-state index in [1.54, 1.807) is 0 Å². The minimum absolute atomic E-state index is 0.0653. The first-order valence-electron chi connectivity index (χ1n) is 4.02. The molecule has 0 amide bonds. The molecule has 1 aromatic rings. The Morgan fingerprint density at radius 2 is 2.40 bits per heavy atom. The van der Waals surface area contributed by atoms with Crippen LogP contribution in [-0.2, 0) is 9.53 Å². The van der Waals surface area contributed by atoms with Crippen LogP contribution in [0.1, 0.15) is 16.2 Å². The van der Waals surface area contributed by atoms with Gasteiger partial charge in [0.1, 0.15) is 0 Å². The summed E-state index contributed by atoms with van der Waals surface area (Å²) in [5.74, 6) is -0.737. The molecule has 0 unspecified atom stereocenters. The predicted molar refractivity (Wildman–Crippen MR) is 56.4 cm³/mol. The molecule has 0 aliphatic rings. The number of esters is 1. The number of nitrogens with zero attached hydrogens (tertiary/aromatic N) is 1. The van der Waals surface area contributed by atoms with Gasteiger partial charge >= 0.3 is 11.9 Å². The topological polar surface area (TPSA) is 76.5 Å². The summed E-state index contributed by atoms with van der Waals surface area (Å²) in [4.78, 5) is 25.0. The van der Waals surface area contributed by atoms with Crippen molar-refractivity contribution in [1.82, 2.24) is 4.98 Å². The average Bonchev–Trinajstić information content (AvgIpc) is 2.66. The van der Waals surface area contributed by atoms with Gasteiger partial charge in [0.2, 0.25) is 5.01 Å². The van der Waals surface area contributed by atoms with Crippen LogP contribution in [0.15, 0.2) is 10.4 Å². The van der Waals surface area contributed by atoms with Crippen LogP contribution < -0.4 is 0 Å². The van der Waals surface area contributed by atoms with Crippen molar-refractivity contribution in [3.8, 4) is 0 Å². The molecule has 0 aromatic carbocycles. The minimum Gasteiger partial charge on any atom is -0.476 e. The number of hydrogen-bond acceptors (Lipinski definition) is 6. The monoisotopic (exact) mass is 247 g/mol. The van der Waals surface area contributed by atoms with Crippen LogP contribution in [0, 0.1) is 0 Å². The zero-order valence-corrected chi connectivity index (χ0v) is 9.56. The highest BCUT2D eigenvalue weighted by atomic mass is 32.2. The Bertz CT molecular complexity index is 363. The molecule has 15 heavy (non-hydrogen) atoms. The van der Waals surface area contributed by atoms with Gasteiger partial charge < -0.3 is 9.84 Å². The van der Waals surface area contributed by atoms with Gasteiger partial charge in [-0.25, -0.2) is 9.78 Å². The van der Waals surface area contributed by atoms with Crippen LogP contribution in [-0.4, -0.2) is 34.9 Å². The minimum atomic E-state index is -1.03. The highest BCUT2D eigenvalue weighted by Crippen LogP contribution is 2.25. The first-order chi connectivity index (χ1) is 7.13. The number of carbonyl (C=O) groups is 2. The van der Waals surface area contributed by atoms with Gasteiger partial charge in [0, 0.05) is 5.75 Å². The quantitative estimate of drug-likeness (QED) is 0.627. The van der Waals surface area contributed by atoms with Crippen LogP contribution in [0.3, 0.4) is 0 Å². The lowest BCUT2D eigenvalue weighted by Crippen LogP contribution is -2.00. The summed E-state index contributed by atoms with van der Waals surface area (Å²) in [6.07, 6.45) is 1.80. The Labute approximate surface area is 94.5 Å². The number of carboxylic acid groups (broad SMARTS) is 1. The lowest BCUT2D eigenvalue weighted by Gasteiger charge is -1.96. The van der Waals surface area contributed by atoms with Crippen molar-refractivity contribution < 1.29 is 19.4 Å². The first-order valence-corrected chi connectivity index (χ1v) is 5.82. The molecule has 0 spiro atoms. The van der Waals surface area contributed by atoms with Crippen LogP contribution in [0.4, 0.5) is 0 Å². The molecule has 82 valence electrons. The number of thiazole rings is 1. The second kappa shape index (κ2) is 5.72. The van der Waals surface area contributed by atoms with Gasteiger partial charge in [-0.1, -0.05) is 0 Å². The van der Waals surface area contributed by atoms with Gasteiger partial charge in [-0.3, -0.25) is 4.79 Å². The molecule has 1 N–H and O–H groups in total. The molecule has 0 atom stereocenters. The SMILES string of the molecule is COC(=O)CCSc1cnc(C(=O)O)s1. The summed E-state index contributed by atoms with van der Waals surface area (Å²) in [7, 11) is 1.34. The standard InChI is InChI=1S/C8H9NO4S2/c1-13-5(10)2-3-14-6-4-9-7(15-6)8(11)12/h4H,2-3H2,1H3,(H,11,12). The number of carboxylic acids is 1. The van der Waals surface area contributed by atoms with E-state index in [-0.39, 0.29) is 11.0 Å². The fraction of sp³-hybridized carbons (Fsp3) is 0.375. The molecule has 1 rings (SSSR count). The van der Waals surface area contributed by atoms with Gasteiger partial charge in [-0.15, -0.1) is 23.1 Å². The van der Waals surface area contributed by atoms with Crippen molar-refractivity contribution in [3.05, 3.63) is 11.2 Å². The number of methoxy groups -OCH3 is 1. The van der Waals surface area contributed by atoms with E-state index in [0.29, 0.717) is 12.2 Å². The maximum absolute atomic E-state index is 10.8. The number of aromatic nitrogens is 1. The third-order valence-corrected chi connectivity index (χ3v) is 3.63. The summed E-state index contributed by atoms with van der Waals surface area (Å²) in [5.41, 5.74) is 0. The van der Waals surface area contributed by atoms with Crippen molar-refractivity contribution in [3.63, 3.8) is 0 Å². The highest BCUT2D eigenvalue weighted by Gasteiger charge is 2.09. The van der Waals surface area contributed by atoms with Gasteiger partial charge in [0.25, 0.3) is 0 Å². The van der Waals surface area contributed by atoms with Gasteiger partial charge in [-0.2, -0.15) is 0 Å². The van der Waals surface area contributed by atoms with Crippen molar-refractivity contribution in [2.75, 3.05) is 12.9 Å². The lowest BCUT2D eigenvalue weighted by molar-refractivity contribution is -0.140. The molecule has 1 aromatic heterocycles. The van der Waals surface area contributed by atoms with Crippen molar-refractivity contribution in [2.24, 2.45) is 0 Å². The Kier molecular flexibility index (Phi) is 4.57. The van der Waals surface area contributed by atoms with Gasteiger partial charge in [0.05, 0.1) is 23.9 Å². The van der Waals surface area contributed by atoms with E-state index in [1.165, 1.54) is 25.1 Å². The number of hydrogen-bond donors (Lipinski definition) is 1. The van der Waals surface area contributed by atoms with Crippen molar-refractivity contribution >= 4 is 35.0 Å². The van der Waals surface area contributed by atoms with Crippen molar-refractivity contribution in [1.29, 1.82) is 0 Å². The third-order valence-electron chi connectivity index (χ3n) is 1.45. The molecular formula is C8H9NO4S2.